The molecule has 0 unspecified atom stereocenters. The van der Waals surface area contributed by atoms with Gasteiger partial charge in [-0.25, -0.2) is 9.97 Å². The van der Waals surface area contributed by atoms with Gasteiger partial charge in [0.2, 0.25) is 0 Å². The molecule has 5 rings (SSSR count). The number of nitrogens with zero attached hydrogens (tertiary/aromatic N) is 2. The van der Waals surface area contributed by atoms with E-state index in [2.05, 4.69) is 20.3 Å². The second kappa shape index (κ2) is 7.93. The summed E-state index contributed by atoms with van der Waals surface area (Å²) in [5, 5.41) is 3.69. The fourth-order valence-corrected chi connectivity index (χ4v) is 4.79. The quantitative estimate of drug-likeness (QED) is 0.618. The summed E-state index contributed by atoms with van der Waals surface area (Å²) in [6.07, 6.45) is -1.87. The van der Waals surface area contributed by atoms with Crippen LogP contribution in [0.2, 0.25) is 0 Å². The Hall–Kier alpha value is -2.85. The van der Waals surface area contributed by atoms with Crippen LogP contribution in [-0.2, 0) is 15.7 Å². The normalized spacial score (nSPS) is 22.9. The van der Waals surface area contributed by atoms with Gasteiger partial charge in [-0.1, -0.05) is 18.2 Å². The fourth-order valence-electron chi connectivity index (χ4n) is 4.79. The minimum atomic E-state index is -4.51. The maximum atomic E-state index is 13.3. The molecule has 2 aliphatic rings. The van der Waals surface area contributed by atoms with E-state index in [9.17, 15) is 13.2 Å². The molecular formula is C22H23F3N4O3. The van der Waals surface area contributed by atoms with Crippen LogP contribution in [0.5, 0.6) is 5.75 Å². The van der Waals surface area contributed by atoms with Gasteiger partial charge in [-0.05, 0) is 12.1 Å². The highest BCUT2D eigenvalue weighted by Crippen LogP contribution is 2.47. The van der Waals surface area contributed by atoms with Crippen molar-refractivity contribution in [3.8, 4) is 5.75 Å². The van der Waals surface area contributed by atoms with E-state index in [-0.39, 0.29) is 23.0 Å². The molecule has 1 saturated heterocycles. The van der Waals surface area contributed by atoms with Crippen LogP contribution in [0.4, 0.5) is 19.0 Å². The summed E-state index contributed by atoms with van der Waals surface area (Å²) in [6.45, 7) is 1.55. The molecular weight excluding hydrogens is 425 g/mol. The number of aromatic amines is 1. The monoisotopic (exact) mass is 448 g/mol. The lowest BCUT2D eigenvalue weighted by Gasteiger charge is -2.47. The molecule has 0 bridgehead atoms. The standard InChI is InChI=1S/C22H23F3N4O3/c1-30-21(6-8-31-9-7-21)15-11-32-16-5-3-2-4-13(16)18(15)29-20-14-10-17(22(23,24)25)28-19(14)26-12-27-20/h2-5,10,12,15,18H,6-9,11H2,1H3,(H2,26,27,28,29)/t15-,18-/m0/s1. The van der Waals surface area contributed by atoms with Crippen molar-refractivity contribution in [3.63, 3.8) is 0 Å². The Kier molecular flexibility index (Phi) is 5.21. The van der Waals surface area contributed by atoms with Gasteiger partial charge in [0.1, 0.15) is 29.2 Å². The van der Waals surface area contributed by atoms with Gasteiger partial charge in [0.25, 0.3) is 0 Å². The Bertz CT molecular complexity index is 1110. The zero-order valence-electron chi connectivity index (χ0n) is 17.4. The van der Waals surface area contributed by atoms with Crippen LogP contribution in [0.1, 0.15) is 30.1 Å². The first-order chi connectivity index (χ1) is 15.4. The van der Waals surface area contributed by atoms with Gasteiger partial charge in [-0.15, -0.1) is 0 Å². The van der Waals surface area contributed by atoms with E-state index >= 15 is 0 Å². The van der Waals surface area contributed by atoms with E-state index in [0.29, 0.717) is 38.5 Å². The molecule has 0 amide bonds. The Morgan fingerprint density at radius 1 is 1.19 bits per heavy atom. The summed E-state index contributed by atoms with van der Waals surface area (Å²) in [4.78, 5) is 10.6. The largest absolute Gasteiger partial charge is 0.493 e. The third kappa shape index (κ3) is 3.57. The number of halogens is 3. The van der Waals surface area contributed by atoms with Gasteiger partial charge in [-0.3, -0.25) is 0 Å². The van der Waals surface area contributed by atoms with E-state index in [1.54, 1.807) is 7.11 Å². The number of rotatable bonds is 4. The second-order valence-corrected chi connectivity index (χ2v) is 8.12. The van der Waals surface area contributed by atoms with Crippen LogP contribution in [0.3, 0.4) is 0 Å². The van der Waals surface area contributed by atoms with E-state index in [0.717, 1.165) is 17.4 Å². The van der Waals surface area contributed by atoms with Crippen molar-refractivity contribution in [2.45, 2.75) is 30.7 Å². The number of para-hydroxylation sites is 1. The molecule has 7 nitrogen and oxygen atoms in total. The average Bonchev–Trinajstić information content (AvgIpc) is 3.26. The summed E-state index contributed by atoms with van der Waals surface area (Å²) < 4.78 is 57.5. The molecule has 0 spiro atoms. The number of fused-ring (bicyclic) bond motifs is 2. The first kappa shape index (κ1) is 21.0. The smallest absolute Gasteiger partial charge is 0.431 e. The van der Waals surface area contributed by atoms with Gasteiger partial charge in [0.15, 0.2) is 0 Å². The van der Waals surface area contributed by atoms with Gasteiger partial charge in [0.05, 0.1) is 23.6 Å². The average molecular weight is 448 g/mol. The molecule has 0 saturated carbocycles. The van der Waals surface area contributed by atoms with Crippen LogP contribution in [0, 0.1) is 5.92 Å². The first-order valence-electron chi connectivity index (χ1n) is 10.4. The molecule has 2 aliphatic heterocycles. The van der Waals surface area contributed by atoms with Crippen molar-refractivity contribution in [1.82, 2.24) is 15.0 Å². The Morgan fingerprint density at radius 3 is 2.72 bits per heavy atom. The number of aromatic nitrogens is 3. The molecule has 0 aliphatic carbocycles. The number of H-pyrrole nitrogens is 1. The van der Waals surface area contributed by atoms with Crippen LogP contribution < -0.4 is 10.1 Å². The highest BCUT2D eigenvalue weighted by molar-refractivity contribution is 5.88. The minimum Gasteiger partial charge on any atom is -0.493 e. The molecule has 0 radical (unpaired) electrons. The number of ether oxygens (including phenoxy) is 3. The zero-order valence-corrected chi connectivity index (χ0v) is 17.4. The van der Waals surface area contributed by atoms with Gasteiger partial charge < -0.3 is 24.5 Å². The predicted octanol–water partition coefficient (Wildman–Crippen LogP) is 4.33. The molecule has 4 heterocycles. The molecule has 1 fully saturated rings. The Morgan fingerprint density at radius 2 is 1.97 bits per heavy atom. The molecule has 10 heteroatoms. The molecule has 1 aromatic carbocycles. The van der Waals surface area contributed by atoms with Crippen LogP contribution >= 0.6 is 0 Å². The van der Waals surface area contributed by atoms with Crippen LogP contribution in [-0.4, -0.2) is 47.5 Å². The summed E-state index contributed by atoms with van der Waals surface area (Å²) in [5.74, 6) is 0.944. The Balaban J connectivity index is 1.58. The number of anilines is 1. The van der Waals surface area contributed by atoms with E-state index in [4.69, 9.17) is 14.2 Å². The minimum absolute atomic E-state index is 0.114. The molecule has 2 N–H and O–H groups in total. The third-order valence-corrected chi connectivity index (χ3v) is 6.52. The van der Waals surface area contributed by atoms with Crippen molar-refractivity contribution in [1.29, 1.82) is 0 Å². The van der Waals surface area contributed by atoms with Crippen molar-refractivity contribution < 1.29 is 27.4 Å². The van der Waals surface area contributed by atoms with Gasteiger partial charge in [-0.2, -0.15) is 13.2 Å². The maximum absolute atomic E-state index is 13.3. The van der Waals surface area contributed by atoms with E-state index < -0.39 is 17.5 Å². The predicted molar refractivity (Wildman–Crippen MR) is 110 cm³/mol. The van der Waals surface area contributed by atoms with Crippen LogP contribution in [0.15, 0.2) is 36.7 Å². The van der Waals surface area contributed by atoms with E-state index in [1.165, 1.54) is 6.33 Å². The second-order valence-electron chi connectivity index (χ2n) is 8.12. The highest BCUT2D eigenvalue weighted by atomic mass is 19.4. The maximum Gasteiger partial charge on any atom is 0.431 e. The number of alkyl halides is 3. The lowest BCUT2D eigenvalue weighted by molar-refractivity contribution is -0.140. The van der Waals surface area contributed by atoms with Crippen molar-refractivity contribution in [3.05, 3.63) is 47.9 Å². The zero-order chi connectivity index (χ0) is 22.3. The number of hydrogen-bond acceptors (Lipinski definition) is 6. The highest BCUT2D eigenvalue weighted by Gasteiger charge is 2.48. The summed E-state index contributed by atoms with van der Waals surface area (Å²) in [6, 6.07) is 8.40. The Labute approximate surface area is 182 Å². The number of benzene rings is 1. The van der Waals surface area contributed by atoms with Crippen molar-refractivity contribution in [2.24, 2.45) is 5.92 Å². The third-order valence-electron chi connectivity index (χ3n) is 6.52. The van der Waals surface area contributed by atoms with Crippen molar-refractivity contribution >= 4 is 16.9 Å². The number of methoxy groups -OCH3 is 1. The number of nitrogens with one attached hydrogen (secondary N) is 2. The van der Waals surface area contributed by atoms with Crippen molar-refractivity contribution in [2.75, 3.05) is 32.2 Å². The summed E-state index contributed by atoms with van der Waals surface area (Å²) in [5.41, 5.74) is -0.327. The first-order valence-corrected chi connectivity index (χ1v) is 10.4. The molecule has 170 valence electrons. The van der Waals surface area contributed by atoms with Crippen LogP contribution in [0.25, 0.3) is 11.0 Å². The SMILES string of the molecule is COC1([C@H]2COc3ccccc3[C@@H]2Nc2ncnc3[nH]c(C(F)(F)F)cc23)CCOCC1. The summed E-state index contributed by atoms with van der Waals surface area (Å²) >= 11 is 0. The molecule has 32 heavy (non-hydrogen) atoms. The molecule has 3 aromatic rings. The van der Waals surface area contributed by atoms with Gasteiger partial charge >= 0.3 is 6.18 Å². The van der Waals surface area contributed by atoms with E-state index in [1.807, 2.05) is 24.3 Å². The topological polar surface area (TPSA) is 81.3 Å². The lowest BCUT2D eigenvalue weighted by atomic mass is 9.74. The fraction of sp³-hybridized carbons (Fsp3) is 0.455. The summed E-state index contributed by atoms with van der Waals surface area (Å²) in [7, 11) is 1.69. The molecule has 2 atom stereocenters. The molecule has 2 aromatic heterocycles. The van der Waals surface area contributed by atoms with Gasteiger partial charge in [0, 0.05) is 44.6 Å². The number of hydrogen-bond donors (Lipinski definition) is 2. The lowest BCUT2D eigenvalue weighted by Crippen LogP contribution is -2.52.